The molecule has 4 nitrogen and oxygen atoms in total. The largest absolute Gasteiger partial charge is 0.342 e. The zero-order chi connectivity index (χ0) is 19.3. The molecule has 2 aliphatic rings. The third kappa shape index (κ3) is 4.41. The van der Waals surface area contributed by atoms with Crippen molar-refractivity contribution in [3.05, 3.63) is 54.0 Å². The minimum absolute atomic E-state index is 0.246. The average molecular weight is 381 g/mol. The third-order valence-electron chi connectivity index (χ3n) is 5.91. The van der Waals surface area contributed by atoms with E-state index in [-0.39, 0.29) is 17.6 Å². The number of amides is 1. The van der Waals surface area contributed by atoms with E-state index in [1.54, 1.807) is 12.1 Å². The average Bonchev–Trinajstić information content (AvgIpc) is 2.75. The van der Waals surface area contributed by atoms with Gasteiger partial charge in [-0.15, -0.1) is 0 Å². The Bertz CT molecular complexity index is 819. The maximum absolute atomic E-state index is 14.1. The van der Waals surface area contributed by atoms with Gasteiger partial charge in [-0.25, -0.2) is 4.39 Å². The van der Waals surface area contributed by atoms with Crippen LogP contribution in [0.4, 0.5) is 4.39 Å². The summed E-state index contributed by atoms with van der Waals surface area (Å²) in [6.45, 7) is 4.12. The lowest BCUT2D eigenvalue weighted by atomic mass is 9.93. The quantitative estimate of drug-likeness (QED) is 0.801. The highest BCUT2D eigenvalue weighted by atomic mass is 19.1. The Morgan fingerprint density at radius 3 is 2.64 bits per heavy atom. The second-order valence-corrected chi connectivity index (χ2v) is 7.94. The van der Waals surface area contributed by atoms with E-state index in [0.29, 0.717) is 17.8 Å². The standard InChI is InChI=1S/C23H28FN3O/c24-20-10-3-2-9-19(20)22-12-6-11-21(25-22)18-8-7-13-26(16-18)17-23(28)27-14-4-1-5-15-27/h2-3,6,9-12,18H,1,4-5,7-8,13-17H2/t18-/m0/s1. The van der Waals surface area contributed by atoms with Crippen molar-refractivity contribution in [3.63, 3.8) is 0 Å². The molecule has 3 heterocycles. The molecule has 2 aliphatic heterocycles. The molecule has 4 rings (SSSR count). The SMILES string of the molecule is O=C(CN1CCC[C@H](c2cccc(-c3ccccc3F)n2)C1)N1CCCCC1. The van der Waals surface area contributed by atoms with E-state index in [0.717, 1.165) is 57.6 Å². The van der Waals surface area contributed by atoms with E-state index in [1.807, 2.05) is 29.2 Å². The summed E-state index contributed by atoms with van der Waals surface area (Å²) in [5, 5.41) is 0. The summed E-state index contributed by atoms with van der Waals surface area (Å²) in [5.41, 5.74) is 2.21. The fraction of sp³-hybridized carbons (Fsp3) is 0.478. The van der Waals surface area contributed by atoms with Gasteiger partial charge < -0.3 is 4.90 Å². The van der Waals surface area contributed by atoms with Crippen molar-refractivity contribution in [2.45, 2.75) is 38.0 Å². The van der Waals surface area contributed by atoms with E-state index in [9.17, 15) is 9.18 Å². The first-order valence-corrected chi connectivity index (χ1v) is 10.4. The molecular formula is C23H28FN3O. The van der Waals surface area contributed by atoms with Gasteiger partial charge in [0.2, 0.25) is 5.91 Å². The molecule has 5 heteroatoms. The topological polar surface area (TPSA) is 36.4 Å². The van der Waals surface area contributed by atoms with E-state index in [1.165, 1.54) is 12.5 Å². The minimum atomic E-state index is -0.246. The highest BCUT2D eigenvalue weighted by Crippen LogP contribution is 2.28. The number of nitrogens with zero attached hydrogens (tertiary/aromatic N) is 3. The highest BCUT2D eigenvalue weighted by Gasteiger charge is 2.26. The summed E-state index contributed by atoms with van der Waals surface area (Å²) >= 11 is 0. The Balaban J connectivity index is 1.44. The lowest BCUT2D eigenvalue weighted by Gasteiger charge is -2.34. The second kappa shape index (κ2) is 8.82. The Morgan fingerprint density at radius 1 is 1.00 bits per heavy atom. The molecule has 2 saturated heterocycles. The van der Waals surface area contributed by atoms with E-state index in [4.69, 9.17) is 4.98 Å². The van der Waals surface area contributed by atoms with Crippen molar-refractivity contribution < 1.29 is 9.18 Å². The smallest absolute Gasteiger partial charge is 0.236 e. The van der Waals surface area contributed by atoms with Gasteiger partial charge in [0.1, 0.15) is 5.82 Å². The third-order valence-corrected chi connectivity index (χ3v) is 5.91. The molecule has 1 aromatic heterocycles. The van der Waals surface area contributed by atoms with Crippen molar-refractivity contribution >= 4 is 5.91 Å². The van der Waals surface area contributed by atoms with Crippen LogP contribution in [0.25, 0.3) is 11.3 Å². The molecule has 0 saturated carbocycles. The van der Waals surface area contributed by atoms with Crippen LogP contribution in [0.15, 0.2) is 42.5 Å². The lowest BCUT2D eigenvalue weighted by molar-refractivity contribution is -0.133. The zero-order valence-corrected chi connectivity index (χ0v) is 16.3. The number of benzene rings is 1. The molecule has 0 spiro atoms. The Hall–Kier alpha value is -2.27. The molecular weight excluding hydrogens is 353 g/mol. The molecule has 2 aromatic rings. The molecule has 2 fully saturated rings. The molecule has 148 valence electrons. The van der Waals surface area contributed by atoms with Gasteiger partial charge in [-0.3, -0.25) is 14.7 Å². The summed E-state index contributed by atoms with van der Waals surface area (Å²) in [6.07, 6.45) is 5.60. The van der Waals surface area contributed by atoms with Crippen LogP contribution in [-0.2, 0) is 4.79 Å². The molecule has 1 amide bonds. The highest BCUT2D eigenvalue weighted by molar-refractivity contribution is 5.78. The van der Waals surface area contributed by atoms with E-state index in [2.05, 4.69) is 4.90 Å². The normalized spacial score (nSPS) is 20.9. The molecule has 1 atom stereocenters. The van der Waals surface area contributed by atoms with Crippen molar-refractivity contribution in [1.82, 2.24) is 14.8 Å². The molecule has 0 N–H and O–H groups in total. The number of carbonyl (C=O) groups excluding carboxylic acids is 1. The molecule has 0 radical (unpaired) electrons. The van der Waals surface area contributed by atoms with Gasteiger partial charge in [0.05, 0.1) is 12.2 Å². The van der Waals surface area contributed by atoms with E-state index >= 15 is 0 Å². The van der Waals surface area contributed by atoms with Crippen LogP contribution < -0.4 is 0 Å². The minimum Gasteiger partial charge on any atom is -0.342 e. The maximum Gasteiger partial charge on any atom is 0.236 e. The van der Waals surface area contributed by atoms with Crippen LogP contribution >= 0.6 is 0 Å². The van der Waals surface area contributed by atoms with Gasteiger partial charge in [0.15, 0.2) is 0 Å². The van der Waals surface area contributed by atoms with Gasteiger partial charge in [-0.2, -0.15) is 0 Å². The monoisotopic (exact) mass is 381 g/mol. The predicted octanol–water partition coefficient (Wildman–Crippen LogP) is 4.08. The Morgan fingerprint density at radius 2 is 1.82 bits per heavy atom. The number of aromatic nitrogens is 1. The lowest BCUT2D eigenvalue weighted by Crippen LogP contribution is -2.45. The number of carbonyl (C=O) groups is 1. The number of piperidine rings is 2. The molecule has 0 aliphatic carbocycles. The molecule has 1 aromatic carbocycles. The van der Waals surface area contributed by atoms with Crippen LogP contribution in [0, 0.1) is 5.82 Å². The van der Waals surface area contributed by atoms with Crippen molar-refractivity contribution in [2.24, 2.45) is 0 Å². The summed E-state index contributed by atoms with van der Waals surface area (Å²) in [6, 6.07) is 12.6. The number of pyridine rings is 1. The number of hydrogen-bond donors (Lipinski definition) is 0. The number of rotatable bonds is 4. The first kappa shape index (κ1) is 19.1. The first-order chi connectivity index (χ1) is 13.7. The van der Waals surface area contributed by atoms with Crippen molar-refractivity contribution in [1.29, 1.82) is 0 Å². The number of halogens is 1. The van der Waals surface area contributed by atoms with Crippen LogP contribution in [0.5, 0.6) is 0 Å². The summed E-state index contributed by atoms with van der Waals surface area (Å²) in [5.74, 6) is 0.299. The molecule has 28 heavy (non-hydrogen) atoms. The van der Waals surface area contributed by atoms with Crippen LogP contribution in [-0.4, -0.2) is 53.4 Å². The zero-order valence-electron chi connectivity index (χ0n) is 16.3. The summed E-state index contributed by atoms with van der Waals surface area (Å²) in [4.78, 5) is 21.7. The fourth-order valence-corrected chi connectivity index (χ4v) is 4.37. The number of hydrogen-bond acceptors (Lipinski definition) is 3. The van der Waals surface area contributed by atoms with Gasteiger partial charge in [-0.05, 0) is 62.9 Å². The van der Waals surface area contributed by atoms with Crippen LogP contribution in [0.3, 0.4) is 0 Å². The van der Waals surface area contributed by atoms with Gasteiger partial charge in [-0.1, -0.05) is 18.2 Å². The van der Waals surface area contributed by atoms with Crippen molar-refractivity contribution in [2.75, 3.05) is 32.7 Å². The van der Waals surface area contributed by atoms with Gasteiger partial charge in [0, 0.05) is 36.8 Å². The van der Waals surface area contributed by atoms with Gasteiger partial charge in [0.25, 0.3) is 0 Å². The first-order valence-electron chi connectivity index (χ1n) is 10.4. The van der Waals surface area contributed by atoms with Gasteiger partial charge >= 0.3 is 0 Å². The van der Waals surface area contributed by atoms with E-state index < -0.39 is 0 Å². The fourth-order valence-electron chi connectivity index (χ4n) is 4.37. The summed E-state index contributed by atoms with van der Waals surface area (Å²) < 4.78 is 14.1. The second-order valence-electron chi connectivity index (χ2n) is 7.94. The predicted molar refractivity (Wildman–Crippen MR) is 108 cm³/mol. The Kier molecular flexibility index (Phi) is 6.01. The van der Waals surface area contributed by atoms with Crippen LogP contribution in [0.1, 0.15) is 43.7 Å². The molecule has 0 bridgehead atoms. The number of likely N-dealkylation sites (tertiary alicyclic amines) is 2. The summed E-state index contributed by atoms with van der Waals surface area (Å²) in [7, 11) is 0. The van der Waals surface area contributed by atoms with Crippen molar-refractivity contribution in [3.8, 4) is 11.3 Å². The maximum atomic E-state index is 14.1. The Labute approximate surface area is 166 Å². The van der Waals surface area contributed by atoms with Crippen LogP contribution in [0.2, 0.25) is 0 Å². The molecule has 0 unspecified atom stereocenters.